The second-order valence-corrected chi connectivity index (χ2v) is 11.4. The third kappa shape index (κ3) is 4.24. The maximum absolute atomic E-state index is 7.28. The lowest BCUT2D eigenvalue weighted by Gasteiger charge is -2.42. The molecular formula is C24H29OPSi. The molecule has 3 aromatic carbocycles. The standard InChI is InChI=1S/C24H29OPSi/c1-3-20-24(26,4-2)25-27(21-14-8-5-9-15-21,22-16-10-6-11-17-22)23-18-12-7-13-19-23/h5-19H,3-4,20,26H2,1-2H3. The van der Waals surface area contributed by atoms with Crippen molar-refractivity contribution >= 4 is 33.1 Å². The highest BCUT2D eigenvalue weighted by Crippen LogP contribution is 2.33. The lowest BCUT2D eigenvalue weighted by Crippen LogP contribution is -2.71. The molecule has 0 N–H and O–H groups in total. The number of hydrogen-bond acceptors (Lipinski definition) is 1. The predicted octanol–water partition coefficient (Wildman–Crippen LogP) is 4.45. The first-order valence-electron chi connectivity index (χ1n) is 9.80. The summed E-state index contributed by atoms with van der Waals surface area (Å²) >= 11 is 0. The summed E-state index contributed by atoms with van der Waals surface area (Å²) in [7, 11) is 0.402. The molecule has 0 aliphatic rings. The van der Waals surface area contributed by atoms with Gasteiger partial charge in [-0.25, -0.2) is 0 Å². The molecule has 1 nitrogen and oxygen atoms in total. The largest absolute Gasteiger partial charge is 0.395 e. The smallest absolute Gasteiger partial charge is 0.288 e. The lowest BCUT2D eigenvalue weighted by atomic mass is 10.1. The maximum atomic E-state index is 7.28. The molecule has 0 amide bonds. The Bertz CT molecular complexity index is 726. The van der Waals surface area contributed by atoms with Crippen molar-refractivity contribution in [2.45, 2.75) is 38.5 Å². The van der Waals surface area contributed by atoms with Crippen LogP contribution in [0.1, 0.15) is 33.1 Å². The molecule has 2 unspecified atom stereocenters. The molecule has 0 radical (unpaired) electrons. The van der Waals surface area contributed by atoms with Crippen LogP contribution in [0.2, 0.25) is 0 Å². The lowest BCUT2D eigenvalue weighted by molar-refractivity contribution is 0.148. The maximum Gasteiger partial charge on any atom is 0.288 e. The van der Waals surface area contributed by atoms with Crippen LogP contribution in [0.15, 0.2) is 91.0 Å². The molecular weight excluding hydrogens is 363 g/mol. The van der Waals surface area contributed by atoms with Crippen molar-refractivity contribution in [3.63, 3.8) is 0 Å². The first-order valence-corrected chi connectivity index (χ1v) is 12.3. The number of rotatable bonds is 8. The van der Waals surface area contributed by atoms with E-state index in [9.17, 15) is 0 Å². The molecule has 0 aliphatic carbocycles. The fourth-order valence-corrected chi connectivity index (χ4v) is 8.74. The van der Waals surface area contributed by atoms with E-state index in [0.29, 0.717) is 0 Å². The topological polar surface area (TPSA) is 9.23 Å². The molecule has 140 valence electrons. The van der Waals surface area contributed by atoms with Gasteiger partial charge < -0.3 is 4.43 Å². The minimum absolute atomic E-state index is 0.234. The average Bonchev–Trinajstić information content (AvgIpc) is 2.74. The van der Waals surface area contributed by atoms with Gasteiger partial charge in [-0.05, 0) is 28.4 Å². The van der Waals surface area contributed by atoms with E-state index < -0.39 is 8.32 Å². The Morgan fingerprint density at radius 2 is 1.07 bits per heavy atom. The van der Waals surface area contributed by atoms with Crippen molar-refractivity contribution in [3.8, 4) is 0 Å². The van der Waals surface area contributed by atoms with E-state index in [1.54, 1.807) is 0 Å². The molecule has 0 aromatic heterocycles. The first-order chi connectivity index (χ1) is 13.1. The highest BCUT2D eigenvalue weighted by atomic mass is 31.0. The van der Waals surface area contributed by atoms with E-state index >= 15 is 0 Å². The minimum atomic E-state index is -2.64. The Hall–Kier alpha value is -1.73. The van der Waals surface area contributed by atoms with Crippen LogP contribution in [-0.2, 0) is 4.43 Å². The van der Waals surface area contributed by atoms with E-state index in [-0.39, 0.29) is 5.34 Å². The van der Waals surface area contributed by atoms with Crippen LogP contribution in [0.5, 0.6) is 0 Å². The zero-order valence-corrected chi connectivity index (χ0v) is 18.4. The van der Waals surface area contributed by atoms with Crippen LogP contribution in [0.25, 0.3) is 0 Å². The third-order valence-corrected chi connectivity index (χ3v) is 10.4. The summed E-state index contributed by atoms with van der Waals surface area (Å²) in [4.78, 5) is 0. The Labute approximate surface area is 167 Å². The van der Waals surface area contributed by atoms with Gasteiger partial charge >= 0.3 is 0 Å². The van der Waals surface area contributed by atoms with Gasteiger partial charge in [0.05, 0.1) is 5.34 Å². The SMILES string of the molecule is CCCC(P)(CC)O[Si](c1ccccc1)(c1ccccc1)c1ccccc1. The van der Waals surface area contributed by atoms with Gasteiger partial charge in [-0.1, -0.05) is 111 Å². The van der Waals surface area contributed by atoms with Gasteiger partial charge in [-0.15, -0.1) is 9.24 Å². The van der Waals surface area contributed by atoms with Crippen LogP contribution >= 0.6 is 9.24 Å². The van der Waals surface area contributed by atoms with Crippen molar-refractivity contribution in [2.75, 3.05) is 0 Å². The van der Waals surface area contributed by atoms with Crippen LogP contribution in [0.4, 0.5) is 0 Å². The minimum Gasteiger partial charge on any atom is -0.395 e. The van der Waals surface area contributed by atoms with E-state index in [2.05, 4.69) is 114 Å². The van der Waals surface area contributed by atoms with Crippen molar-refractivity contribution in [2.24, 2.45) is 0 Å². The van der Waals surface area contributed by atoms with Crippen LogP contribution < -0.4 is 15.6 Å². The van der Waals surface area contributed by atoms with Gasteiger partial charge in [0, 0.05) is 0 Å². The van der Waals surface area contributed by atoms with Gasteiger partial charge in [0.1, 0.15) is 0 Å². The second-order valence-electron chi connectivity index (χ2n) is 7.05. The monoisotopic (exact) mass is 392 g/mol. The first kappa shape index (κ1) is 20.0. The van der Waals surface area contributed by atoms with Crippen LogP contribution in [0, 0.1) is 0 Å². The highest BCUT2D eigenvalue weighted by molar-refractivity contribution is 7.19. The molecule has 0 bridgehead atoms. The predicted molar refractivity (Wildman–Crippen MR) is 123 cm³/mol. The average molecular weight is 393 g/mol. The van der Waals surface area contributed by atoms with Crippen molar-refractivity contribution < 1.29 is 4.43 Å². The van der Waals surface area contributed by atoms with Crippen LogP contribution in [-0.4, -0.2) is 13.7 Å². The fraction of sp³-hybridized carbons (Fsp3) is 0.250. The zero-order valence-electron chi connectivity index (χ0n) is 16.3. The van der Waals surface area contributed by atoms with E-state index in [4.69, 9.17) is 4.43 Å². The Morgan fingerprint density at radius 1 is 0.704 bits per heavy atom. The highest BCUT2D eigenvalue weighted by Gasteiger charge is 2.46. The molecule has 0 saturated heterocycles. The van der Waals surface area contributed by atoms with Gasteiger partial charge in [-0.3, -0.25) is 0 Å². The summed E-state index contributed by atoms with van der Waals surface area (Å²) in [5, 5.41) is 3.64. The number of benzene rings is 3. The quantitative estimate of drug-likeness (QED) is 0.313. The molecule has 0 fully saturated rings. The second kappa shape index (κ2) is 8.97. The Kier molecular flexibility index (Phi) is 6.65. The molecule has 0 saturated carbocycles. The van der Waals surface area contributed by atoms with Gasteiger partial charge in [0.25, 0.3) is 8.32 Å². The molecule has 0 spiro atoms. The fourth-order valence-electron chi connectivity index (χ4n) is 3.72. The summed E-state index contributed by atoms with van der Waals surface area (Å²) in [6, 6.07) is 32.4. The van der Waals surface area contributed by atoms with E-state index in [1.165, 1.54) is 15.6 Å². The van der Waals surface area contributed by atoms with Crippen LogP contribution in [0.3, 0.4) is 0 Å². The Morgan fingerprint density at radius 3 is 1.37 bits per heavy atom. The van der Waals surface area contributed by atoms with E-state index in [1.807, 2.05) is 0 Å². The van der Waals surface area contributed by atoms with Gasteiger partial charge in [-0.2, -0.15) is 0 Å². The third-order valence-electron chi connectivity index (χ3n) is 5.17. The van der Waals surface area contributed by atoms with Gasteiger partial charge in [0.15, 0.2) is 0 Å². The summed E-state index contributed by atoms with van der Waals surface area (Å²) in [5.41, 5.74) is 0. The van der Waals surface area contributed by atoms with Crippen molar-refractivity contribution in [1.29, 1.82) is 0 Å². The summed E-state index contributed by atoms with van der Waals surface area (Å²) in [6.07, 6.45) is 3.09. The van der Waals surface area contributed by atoms with Crippen molar-refractivity contribution in [3.05, 3.63) is 91.0 Å². The van der Waals surface area contributed by atoms with E-state index in [0.717, 1.165) is 19.3 Å². The van der Waals surface area contributed by atoms with Gasteiger partial charge in [0.2, 0.25) is 0 Å². The molecule has 3 heteroatoms. The van der Waals surface area contributed by atoms with Crippen molar-refractivity contribution in [1.82, 2.24) is 0 Å². The molecule has 3 rings (SSSR count). The molecule has 2 atom stereocenters. The molecule has 27 heavy (non-hydrogen) atoms. The molecule has 3 aromatic rings. The Balaban J connectivity index is 2.29. The molecule has 0 aliphatic heterocycles. The summed E-state index contributed by atoms with van der Waals surface area (Å²) < 4.78 is 7.28. The zero-order chi connectivity index (χ0) is 19.2. The normalized spacial score (nSPS) is 13.9. The summed E-state index contributed by atoms with van der Waals surface area (Å²) in [5.74, 6) is 0. The summed E-state index contributed by atoms with van der Waals surface area (Å²) in [6.45, 7) is 4.46. The molecule has 0 heterocycles. The number of hydrogen-bond donors (Lipinski definition) is 0.